The van der Waals surface area contributed by atoms with E-state index in [9.17, 15) is 36.3 Å². The maximum Gasteiger partial charge on any atom is 0.336 e. The van der Waals surface area contributed by atoms with Gasteiger partial charge < -0.3 is 15.7 Å². The number of sulfonamides is 1. The first-order chi connectivity index (χ1) is 14.1. The van der Waals surface area contributed by atoms with E-state index >= 15 is 0 Å². The number of rotatable bonds is 3. The van der Waals surface area contributed by atoms with E-state index in [1.165, 1.54) is 12.1 Å². The van der Waals surface area contributed by atoms with Gasteiger partial charge in [0.2, 0.25) is 0 Å². The first-order valence-electron chi connectivity index (χ1n) is 8.71. The molecule has 8 nitrogen and oxygen atoms in total. The normalized spacial score (nSPS) is 22.0. The minimum atomic E-state index is -4.30. The van der Waals surface area contributed by atoms with Gasteiger partial charge in [-0.15, -0.1) is 0 Å². The first-order valence-corrected chi connectivity index (χ1v) is 10.2. The number of aliphatic hydroxyl groups excluding tert-OH is 1. The van der Waals surface area contributed by atoms with Gasteiger partial charge in [-0.05, 0) is 31.0 Å². The molecule has 1 aliphatic heterocycles. The lowest BCUT2D eigenvalue weighted by Crippen LogP contribution is -2.55. The minimum absolute atomic E-state index is 0.0356. The number of halogens is 3. The lowest BCUT2D eigenvalue weighted by Gasteiger charge is -2.41. The van der Waals surface area contributed by atoms with Crippen LogP contribution in [0.4, 0.5) is 29.3 Å². The van der Waals surface area contributed by atoms with Gasteiger partial charge in [0.25, 0.3) is 15.9 Å². The van der Waals surface area contributed by atoms with Gasteiger partial charge in [-0.25, -0.2) is 30.7 Å². The average molecular weight is 441 g/mol. The van der Waals surface area contributed by atoms with Crippen molar-refractivity contribution in [2.75, 3.05) is 10.6 Å². The fourth-order valence-corrected chi connectivity index (χ4v) is 5.02. The molecule has 0 aromatic heterocycles. The Balaban J connectivity index is 1.65. The Bertz CT molecular complexity index is 1160. The van der Waals surface area contributed by atoms with Crippen LogP contribution in [-0.4, -0.2) is 41.9 Å². The Morgan fingerprint density at radius 2 is 1.77 bits per heavy atom. The molecule has 0 bridgehead atoms. The van der Waals surface area contributed by atoms with Crippen LogP contribution in [0.1, 0.15) is 23.2 Å². The van der Waals surface area contributed by atoms with E-state index in [0.29, 0.717) is 16.4 Å². The Hall–Kier alpha value is -3.12. The molecule has 1 aliphatic carbocycles. The molecule has 2 aromatic carbocycles. The van der Waals surface area contributed by atoms with Gasteiger partial charge in [0.1, 0.15) is 4.90 Å². The third-order valence-electron chi connectivity index (χ3n) is 4.88. The predicted octanol–water partition coefficient (Wildman–Crippen LogP) is 2.42. The minimum Gasteiger partial charge on any atom is -0.393 e. The summed E-state index contributed by atoms with van der Waals surface area (Å²) < 4.78 is 66.2. The highest BCUT2D eigenvalue weighted by atomic mass is 32.2. The third-order valence-corrected chi connectivity index (χ3v) is 6.76. The number of nitrogens with zero attached hydrogens (tertiary/aromatic N) is 1. The van der Waals surface area contributed by atoms with Crippen LogP contribution in [0.25, 0.3) is 0 Å². The first kappa shape index (κ1) is 20.2. The Labute approximate surface area is 168 Å². The standard InChI is InChI=1S/C18H14F3N3O5S/c19-12-4-9(5-13(20)16(12)21)22-17(26)8-1-2-14-15(3-8)30(28,29)24(18(27)23-14)10-6-11(25)7-10/h1-5,10-11,25H,6-7H2,(H,22,26)(H,23,27)/t10-,11-. The highest BCUT2D eigenvalue weighted by Crippen LogP contribution is 2.37. The van der Waals surface area contributed by atoms with E-state index in [1.807, 2.05) is 0 Å². The van der Waals surface area contributed by atoms with Crippen molar-refractivity contribution >= 4 is 33.3 Å². The van der Waals surface area contributed by atoms with Gasteiger partial charge in [0, 0.05) is 23.4 Å². The van der Waals surface area contributed by atoms with Crippen LogP contribution in [0.3, 0.4) is 0 Å². The molecule has 12 heteroatoms. The molecular weight excluding hydrogens is 427 g/mol. The van der Waals surface area contributed by atoms with Crippen LogP contribution in [0, 0.1) is 17.5 Å². The maximum absolute atomic E-state index is 13.3. The summed E-state index contributed by atoms with van der Waals surface area (Å²) in [5.74, 6) is -5.59. The zero-order valence-electron chi connectivity index (χ0n) is 15.0. The molecule has 158 valence electrons. The molecule has 0 radical (unpaired) electrons. The van der Waals surface area contributed by atoms with E-state index < -0.39 is 51.6 Å². The molecule has 1 saturated carbocycles. The number of hydrogen-bond acceptors (Lipinski definition) is 5. The molecule has 30 heavy (non-hydrogen) atoms. The van der Waals surface area contributed by atoms with Crippen molar-refractivity contribution < 1.29 is 36.3 Å². The third kappa shape index (κ3) is 3.27. The van der Waals surface area contributed by atoms with Gasteiger partial charge in [-0.3, -0.25) is 4.79 Å². The van der Waals surface area contributed by atoms with Crippen LogP contribution < -0.4 is 10.6 Å². The molecule has 0 spiro atoms. The van der Waals surface area contributed by atoms with E-state index in [0.717, 1.165) is 6.07 Å². The molecule has 0 atom stereocenters. The Kier molecular flexibility index (Phi) is 4.70. The van der Waals surface area contributed by atoms with Crippen molar-refractivity contribution in [1.29, 1.82) is 0 Å². The van der Waals surface area contributed by atoms with Crippen molar-refractivity contribution in [3.8, 4) is 0 Å². The van der Waals surface area contributed by atoms with Gasteiger partial charge in [0.05, 0.1) is 17.8 Å². The number of nitrogens with one attached hydrogen (secondary N) is 2. The van der Waals surface area contributed by atoms with Crippen LogP contribution in [0.2, 0.25) is 0 Å². The average Bonchev–Trinajstić information content (AvgIpc) is 2.64. The van der Waals surface area contributed by atoms with Crippen molar-refractivity contribution in [3.05, 3.63) is 53.3 Å². The summed E-state index contributed by atoms with van der Waals surface area (Å²) in [5.41, 5.74) is -0.575. The topological polar surface area (TPSA) is 116 Å². The number of anilines is 2. The van der Waals surface area contributed by atoms with Crippen molar-refractivity contribution in [2.45, 2.75) is 29.9 Å². The molecule has 0 saturated heterocycles. The lowest BCUT2D eigenvalue weighted by molar-refractivity contribution is 0.0434. The molecule has 2 aromatic rings. The zero-order valence-corrected chi connectivity index (χ0v) is 15.8. The molecule has 3 N–H and O–H groups in total. The van der Waals surface area contributed by atoms with Crippen LogP contribution in [-0.2, 0) is 10.0 Å². The Morgan fingerprint density at radius 3 is 2.37 bits per heavy atom. The SMILES string of the molecule is O=C(Nc1cc(F)c(F)c(F)c1)c1ccc2c(c1)S(=O)(=O)N([C@H]1C[C@H](O)C1)C(=O)N2. The fraction of sp³-hybridized carbons (Fsp3) is 0.222. The second-order valence-electron chi connectivity index (χ2n) is 6.93. The van der Waals surface area contributed by atoms with Gasteiger partial charge in [-0.1, -0.05) is 0 Å². The summed E-state index contributed by atoms with van der Waals surface area (Å²) in [5, 5.41) is 14.0. The van der Waals surface area contributed by atoms with Crippen molar-refractivity contribution in [2.24, 2.45) is 0 Å². The highest BCUT2D eigenvalue weighted by Gasteiger charge is 2.46. The van der Waals surface area contributed by atoms with Crippen LogP contribution in [0.5, 0.6) is 0 Å². The number of carbonyl (C=O) groups excluding carboxylic acids is 2. The summed E-state index contributed by atoms with van der Waals surface area (Å²) >= 11 is 0. The Morgan fingerprint density at radius 1 is 1.13 bits per heavy atom. The number of benzene rings is 2. The van der Waals surface area contributed by atoms with Crippen molar-refractivity contribution in [3.63, 3.8) is 0 Å². The molecule has 4 rings (SSSR count). The quantitative estimate of drug-likeness (QED) is 0.633. The molecular formula is C18H14F3N3O5S. The second-order valence-corrected chi connectivity index (χ2v) is 8.71. The van der Waals surface area contributed by atoms with E-state index in [4.69, 9.17) is 0 Å². The number of hydrogen-bond donors (Lipinski definition) is 3. The predicted molar refractivity (Wildman–Crippen MR) is 97.8 cm³/mol. The second kappa shape index (κ2) is 6.99. The number of amides is 3. The summed E-state index contributed by atoms with van der Waals surface area (Å²) in [6.07, 6.45) is -0.499. The van der Waals surface area contributed by atoms with Gasteiger partial charge in [0.15, 0.2) is 17.5 Å². The van der Waals surface area contributed by atoms with Gasteiger partial charge >= 0.3 is 6.03 Å². The zero-order chi connectivity index (χ0) is 21.8. The lowest BCUT2D eigenvalue weighted by atomic mass is 9.90. The summed E-state index contributed by atoms with van der Waals surface area (Å²) in [6.45, 7) is 0. The maximum atomic E-state index is 13.3. The number of carbonyl (C=O) groups is 2. The van der Waals surface area contributed by atoms with Crippen LogP contribution >= 0.6 is 0 Å². The van der Waals surface area contributed by atoms with Crippen molar-refractivity contribution in [1.82, 2.24) is 4.31 Å². The monoisotopic (exact) mass is 441 g/mol. The summed E-state index contributed by atoms with van der Waals surface area (Å²) in [4.78, 5) is 24.3. The van der Waals surface area contributed by atoms with E-state index in [1.54, 1.807) is 0 Å². The molecule has 0 unspecified atom stereocenters. The van der Waals surface area contributed by atoms with E-state index in [-0.39, 0.29) is 34.7 Å². The highest BCUT2D eigenvalue weighted by molar-refractivity contribution is 7.90. The molecule has 2 aliphatic rings. The summed E-state index contributed by atoms with van der Waals surface area (Å²) in [7, 11) is -4.30. The molecule has 1 fully saturated rings. The molecule has 1 heterocycles. The number of fused-ring (bicyclic) bond motifs is 1. The van der Waals surface area contributed by atoms with E-state index in [2.05, 4.69) is 10.6 Å². The molecule has 3 amide bonds. The number of urea groups is 1. The largest absolute Gasteiger partial charge is 0.393 e. The smallest absolute Gasteiger partial charge is 0.336 e. The summed E-state index contributed by atoms with van der Waals surface area (Å²) in [6, 6.07) is 3.01. The van der Waals surface area contributed by atoms with Crippen LogP contribution in [0.15, 0.2) is 35.2 Å². The fourth-order valence-electron chi connectivity index (χ4n) is 3.31. The van der Waals surface area contributed by atoms with Gasteiger partial charge in [-0.2, -0.15) is 0 Å². The number of aliphatic hydroxyl groups is 1.